The number of hydrogen-bond donors (Lipinski definition) is 1. The van der Waals surface area contributed by atoms with Gasteiger partial charge in [0.05, 0.1) is 23.3 Å². The number of benzene rings is 2. The van der Waals surface area contributed by atoms with Gasteiger partial charge in [0.2, 0.25) is 0 Å². The highest BCUT2D eigenvalue weighted by Gasteiger charge is 2.34. The molecule has 1 amide bonds. The van der Waals surface area contributed by atoms with E-state index in [4.69, 9.17) is 4.42 Å². The average molecular weight is 392 g/mol. The van der Waals surface area contributed by atoms with Crippen molar-refractivity contribution in [1.29, 1.82) is 0 Å². The lowest BCUT2D eigenvalue weighted by atomic mass is 10.0. The molecule has 0 spiro atoms. The number of hydrogen-bond acceptors (Lipinski definition) is 6. The van der Waals surface area contributed by atoms with Crippen LogP contribution in [0.4, 0.5) is 17.1 Å². The lowest BCUT2D eigenvalue weighted by Crippen LogP contribution is -2.42. The largest absolute Gasteiger partial charge is 0.467 e. The number of carbonyl (C=O) groups excluding carboxylic acids is 1. The summed E-state index contributed by atoms with van der Waals surface area (Å²) in [5.41, 5.74) is 2.35. The van der Waals surface area contributed by atoms with Gasteiger partial charge in [0.25, 0.3) is 11.6 Å². The van der Waals surface area contributed by atoms with Crippen LogP contribution in [0.1, 0.15) is 27.8 Å². The Hall–Kier alpha value is -3.81. The molecule has 29 heavy (non-hydrogen) atoms. The number of fused-ring (bicyclic) bond motifs is 1. The second kappa shape index (κ2) is 7.31. The Morgan fingerprint density at radius 2 is 1.97 bits per heavy atom. The molecule has 0 unspecified atom stereocenters. The van der Waals surface area contributed by atoms with E-state index in [1.807, 2.05) is 12.1 Å². The van der Waals surface area contributed by atoms with Crippen LogP contribution in [0.5, 0.6) is 0 Å². The summed E-state index contributed by atoms with van der Waals surface area (Å²) in [5.74, 6) is 0.462. The quantitative estimate of drug-likeness (QED) is 0.521. The molecule has 8 heteroatoms. The highest BCUT2D eigenvalue weighted by Crippen LogP contribution is 2.37. The maximum Gasteiger partial charge on any atom is 0.292 e. The Morgan fingerprint density at radius 1 is 1.17 bits per heavy atom. The van der Waals surface area contributed by atoms with E-state index in [0.717, 1.165) is 0 Å². The van der Waals surface area contributed by atoms with Gasteiger partial charge in [0.15, 0.2) is 0 Å². The molecule has 2 heterocycles. The van der Waals surface area contributed by atoms with Crippen molar-refractivity contribution in [3.05, 3.63) is 87.9 Å². The van der Waals surface area contributed by atoms with Crippen LogP contribution in [0, 0.1) is 10.1 Å². The number of anilines is 2. The minimum atomic E-state index is -0.572. The van der Waals surface area contributed by atoms with E-state index in [-0.39, 0.29) is 18.1 Å². The lowest BCUT2D eigenvalue weighted by Gasteiger charge is -2.37. The first-order chi connectivity index (χ1) is 14.0. The first kappa shape index (κ1) is 18.5. The predicted molar refractivity (Wildman–Crippen MR) is 109 cm³/mol. The Kier molecular flexibility index (Phi) is 4.67. The zero-order valence-corrected chi connectivity index (χ0v) is 16.0. The molecule has 0 aliphatic carbocycles. The van der Waals surface area contributed by atoms with Crippen LogP contribution in [-0.2, 0) is 6.54 Å². The fourth-order valence-electron chi connectivity index (χ4n) is 3.52. The molecule has 1 aliphatic heterocycles. The van der Waals surface area contributed by atoms with Crippen LogP contribution < -0.4 is 10.2 Å². The van der Waals surface area contributed by atoms with Gasteiger partial charge < -0.3 is 19.5 Å². The van der Waals surface area contributed by atoms with Gasteiger partial charge in [-0.05, 0) is 30.3 Å². The number of rotatable bonds is 5. The average Bonchev–Trinajstić information content (AvgIpc) is 3.22. The molecule has 0 saturated heterocycles. The molecule has 148 valence electrons. The highest BCUT2D eigenvalue weighted by atomic mass is 16.6. The molecule has 4 rings (SSSR count). The van der Waals surface area contributed by atoms with Gasteiger partial charge in [-0.3, -0.25) is 14.9 Å². The van der Waals surface area contributed by atoms with Crippen molar-refractivity contribution in [2.45, 2.75) is 12.7 Å². The summed E-state index contributed by atoms with van der Waals surface area (Å²) in [7, 11) is 3.51. The number of carbonyl (C=O) groups is 1. The number of nitro groups is 1. The Morgan fingerprint density at radius 3 is 2.66 bits per heavy atom. The van der Waals surface area contributed by atoms with Crippen molar-refractivity contribution in [3.8, 4) is 0 Å². The molecule has 1 aliphatic rings. The van der Waals surface area contributed by atoms with Gasteiger partial charge in [0, 0.05) is 31.4 Å². The van der Waals surface area contributed by atoms with Crippen molar-refractivity contribution >= 4 is 23.0 Å². The van der Waals surface area contributed by atoms with E-state index < -0.39 is 11.1 Å². The van der Waals surface area contributed by atoms with E-state index in [1.54, 1.807) is 66.6 Å². The van der Waals surface area contributed by atoms with Crippen molar-refractivity contribution in [2.24, 2.45) is 0 Å². The zero-order chi connectivity index (χ0) is 20.5. The maximum atomic E-state index is 13.2. The van der Waals surface area contributed by atoms with Crippen molar-refractivity contribution in [2.75, 3.05) is 24.3 Å². The topological polar surface area (TPSA) is 91.9 Å². The summed E-state index contributed by atoms with van der Waals surface area (Å²) in [6, 6.07) is 15.8. The van der Waals surface area contributed by atoms with E-state index in [2.05, 4.69) is 5.32 Å². The van der Waals surface area contributed by atoms with Crippen molar-refractivity contribution in [1.82, 2.24) is 4.90 Å². The molecule has 1 aromatic heterocycles. The normalized spacial score (nSPS) is 15.6. The lowest BCUT2D eigenvalue weighted by molar-refractivity contribution is -0.384. The third-order valence-corrected chi connectivity index (χ3v) is 4.92. The van der Waals surface area contributed by atoms with Gasteiger partial charge in [-0.1, -0.05) is 18.2 Å². The Labute approximate surface area is 167 Å². The molecule has 3 aromatic rings. The second-order valence-corrected chi connectivity index (χ2v) is 7.00. The highest BCUT2D eigenvalue weighted by molar-refractivity contribution is 6.01. The van der Waals surface area contributed by atoms with Gasteiger partial charge in [0.1, 0.15) is 17.6 Å². The van der Waals surface area contributed by atoms with E-state index >= 15 is 0 Å². The molecule has 0 bridgehead atoms. The number of amides is 1. The van der Waals surface area contributed by atoms with Crippen LogP contribution in [0.25, 0.3) is 0 Å². The molecular weight excluding hydrogens is 372 g/mol. The third-order valence-electron chi connectivity index (χ3n) is 4.92. The Bertz CT molecular complexity index is 1060. The number of nitro benzene ring substituents is 1. The monoisotopic (exact) mass is 392 g/mol. The fraction of sp³-hybridized carbons (Fsp3) is 0.190. The number of para-hydroxylation sites is 1. The summed E-state index contributed by atoms with van der Waals surface area (Å²) in [4.78, 5) is 27.8. The summed E-state index contributed by atoms with van der Waals surface area (Å²) in [6.45, 7) is 0.237. The number of nitrogens with zero attached hydrogens (tertiary/aromatic N) is 3. The smallest absolute Gasteiger partial charge is 0.292 e. The van der Waals surface area contributed by atoms with E-state index in [9.17, 15) is 14.9 Å². The number of nitrogens with one attached hydrogen (secondary N) is 1. The van der Waals surface area contributed by atoms with Crippen LogP contribution in [-0.4, -0.2) is 29.8 Å². The van der Waals surface area contributed by atoms with Crippen LogP contribution in [0.15, 0.2) is 65.3 Å². The van der Waals surface area contributed by atoms with Crippen molar-refractivity contribution in [3.63, 3.8) is 0 Å². The molecule has 0 saturated carbocycles. The first-order valence-electron chi connectivity index (χ1n) is 9.10. The van der Waals surface area contributed by atoms with Crippen LogP contribution >= 0.6 is 0 Å². The van der Waals surface area contributed by atoms with E-state index in [1.165, 1.54) is 6.07 Å². The minimum Gasteiger partial charge on any atom is -0.467 e. The molecule has 1 atom stereocenters. The summed E-state index contributed by atoms with van der Waals surface area (Å²) >= 11 is 0. The van der Waals surface area contributed by atoms with Crippen LogP contribution in [0.3, 0.4) is 0 Å². The van der Waals surface area contributed by atoms with Gasteiger partial charge in [-0.25, -0.2) is 0 Å². The number of furan rings is 1. The minimum absolute atomic E-state index is 0.0152. The SMILES string of the molecule is CN(C)c1ccc([C@@H]2Nc3ccccc3C(=O)N2Cc2ccco2)cc1[N+](=O)[O-]. The zero-order valence-electron chi connectivity index (χ0n) is 16.0. The summed E-state index contributed by atoms with van der Waals surface area (Å²) in [6.07, 6.45) is 0.981. The third kappa shape index (κ3) is 3.40. The molecule has 0 fully saturated rings. The van der Waals surface area contributed by atoms with Gasteiger partial charge in [-0.2, -0.15) is 0 Å². The maximum absolute atomic E-state index is 13.2. The molecule has 0 radical (unpaired) electrons. The predicted octanol–water partition coefficient (Wildman–Crippen LogP) is 4.02. The second-order valence-electron chi connectivity index (χ2n) is 7.00. The van der Waals surface area contributed by atoms with Crippen LogP contribution in [0.2, 0.25) is 0 Å². The van der Waals surface area contributed by atoms with Crippen molar-refractivity contribution < 1.29 is 14.1 Å². The molecule has 8 nitrogen and oxygen atoms in total. The molecule has 1 N–H and O–H groups in total. The van der Waals surface area contributed by atoms with Gasteiger partial charge in [-0.15, -0.1) is 0 Å². The summed E-state index contributed by atoms with van der Waals surface area (Å²) < 4.78 is 5.43. The van der Waals surface area contributed by atoms with E-state index in [0.29, 0.717) is 28.3 Å². The fourth-order valence-corrected chi connectivity index (χ4v) is 3.52. The standard InChI is InChI=1S/C21H20N4O4/c1-23(2)18-10-9-14(12-19(18)25(27)28)20-22-17-8-4-3-7-16(17)21(26)24(20)13-15-6-5-11-29-15/h3-12,20,22H,13H2,1-2H3/t20-/m1/s1. The molecule has 2 aromatic carbocycles. The van der Waals surface area contributed by atoms with Gasteiger partial charge >= 0.3 is 0 Å². The summed E-state index contributed by atoms with van der Waals surface area (Å²) in [5, 5.41) is 15.0. The Balaban J connectivity index is 1.80. The molecular formula is C21H20N4O4. The first-order valence-corrected chi connectivity index (χ1v) is 9.10.